The monoisotopic (exact) mass is 686 g/mol. The predicted molar refractivity (Wildman–Crippen MR) is 171 cm³/mol. The molecule has 0 radical (unpaired) electrons. The van der Waals surface area contributed by atoms with E-state index in [0.29, 0.717) is 16.7 Å². The number of ether oxygens (including phenoxy) is 5. The van der Waals surface area contributed by atoms with Crippen LogP contribution in [0.25, 0.3) is 22.3 Å². The molecule has 2 heterocycles. The molecule has 5 rings (SSSR count). The Hall–Kier alpha value is -4.61. The quantitative estimate of drug-likeness (QED) is 0.105. The van der Waals surface area contributed by atoms with Gasteiger partial charge in [-0.15, -0.1) is 0 Å². The van der Waals surface area contributed by atoms with Crippen molar-refractivity contribution in [2.75, 3.05) is 34.5 Å². The summed E-state index contributed by atoms with van der Waals surface area (Å²) in [6.07, 6.45) is -9.07. The first-order valence-electron chi connectivity index (χ1n) is 15.1. The van der Waals surface area contributed by atoms with Crippen molar-refractivity contribution in [1.82, 2.24) is 0 Å². The van der Waals surface area contributed by atoms with Crippen molar-refractivity contribution in [3.63, 3.8) is 0 Å². The van der Waals surface area contributed by atoms with Gasteiger partial charge in [-0.2, -0.15) is 0 Å². The Morgan fingerprint density at radius 1 is 0.796 bits per heavy atom. The van der Waals surface area contributed by atoms with Gasteiger partial charge in [0.25, 0.3) is 0 Å². The molecule has 49 heavy (non-hydrogen) atoms. The average molecular weight is 687 g/mol. The molecular weight excluding hydrogens is 648 g/mol. The Labute approximate surface area is 279 Å². The molecule has 1 saturated heterocycles. The summed E-state index contributed by atoms with van der Waals surface area (Å²) in [4.78, 5) is 12.9. The largest absolute Gasteiger partial charge is 0.508 e. The zero-order valence-electron chi connectivity index (χ0n) is 26.7. The molecule has 1 fully saturated rings. The van der Waals surface area contributed by atoms with Crippen molar-refractivity contribution >= 4 is 11.0 Å². The molecule has 0 amide bonds. The van der Waals surface area contributed by atoms with Crippen LogP contribution in [0.2, 0.25) is 0 Å². The fourth-order valence-corrected chi connectivity index (χ4v) is 5.91. The van der Waals surface area contributed by atoms with Crippen LogP contribution < -0.4 is 19.6 Å². The first-order valence-corrected chi connectivity index (χ1v) is 15.1. The van der Waals surface area contributed by atoms with Gasteiger partial charge >= 0.3 is 0 Å². The van der Waals surface area contributed by atoms with Crippen molar-refractivity contribution in [2.45, 2.75) is 43.2 Å². The molecule has 0 saturated carbocycles. The van der Waals surface area contributed by atoms with Crippen LogP contribution in [0.4, 0.5) is 0 Å². The van der Waals surface area contributed by atoms with Crippen LogP contribution in [0, 0.1) is 5.92 Å². The van der Waals surface area contributed by atoms with E-state index in [4.69, 9.17) is 28.1 Å². The molecule has 1 aliphatic heterocycles. The van der Waals surface area contributed by atoms with E-state index in [1.165, 1.54) is 51.7 Å². The number of phenols is 3. The fraction of sp³-hybridized carbons (Fsp3) is 0.382. The summed E-state index contributed by atoms with van der Waals surface area (Å²) in [6, 6.07) is 10.8. The highest BCUT2D eigenvalue weighted by atomic mass is 16.7. The van der Waals surface area contributed by atoms with Crippen LogP contribution in [0.3, 0.4) is 0 Å². The number of aliphatic hydroxyl groups excluding tert-OH is 5. The van der Waals surface area contributed by atoms with Gasteiger partial charge in [-0.1, -0.05) is 6.07 Å². The lowest BCUT2D eigenvalue weighted by molar-refractivity contribution is -0.317. The fourth-order valence-electron chi connectivity index (χ4n) is 5.91. The summed E-state index contributed by atoms with van der Waals surface area (Å²) in [5, 5.41) is 82.1. The minimum Gasteiger partial charge on any atom is -0.508 e. The van der Waals surface area contributed by atoms with Crippen molar-refractivity contribution in [1.29, 1.82) is 0 Å². The maximum absolute atomic E-state index is 12.9. The second-order valence-corrected chi connectivity index (χ2v) is 11.5. The third-order valence-electron chi connectivity index (χ3n) is 8.48. The van der Waals surface area contributed by atoms with Crippen LogP contribution in [0.5, 0.6) is 34.5 Å². The molecule has 1 aromatic heterocycles. The first-order chi connectivity index (χ1) is 23.4. The maximum atomic E-state index is 12.9. The summed E-state index contributed by atoms with van der Waals surface area (Å²) in [6.45, 7) is -1.21. The van der Waals surface area contributed by atoms with Crippen molar-refractivity contribution in [2.24, 2.45) is 5.92 Å². The van der Waals surface area contributed by atoms with E-state index < -0.39 is 67.1 Å². The topological polar surface area (TPSA) is 238 Å². The summed E-state index contributed by atoms with van der Waals surface area (Å²) < 4.78 is 34.3. The van der Waals surface area contributed by atoms with Gasteiger partial charge < -0.3 is 69.0 Å². The molecule has 8 N–H and O–H groups in total. The lowest BCUT2D eigenvalue weighted by Crippen LogP contribution is -2.59. The third kappa shape index (κ3) is 7.09. The van der Waals surface area contributed by atoms with Crippen LogP contribution in [0.1, 0.15) is 17.2 Å². The van der Waals surface area contributed by atoms with Gasteiger partial charge in [0.2, 0.25) is 0 Å². The number of methoxy groups -OCH3 is 3. The SMILES string of the molecule is COc1cc(C(O[C@@H]2OC(CO)[C@@H](O)[C@H](O)C2O)[C@@H](CO)Cc2c(OC)cc(-c3cc(=O)c4c(O)cc(O)cc4o3)cc2OC)ccc1O. The van der Waals surface area contributed by atoms with Crippen molar-refractivity contribution in [3.8, 4) is 45.8 Å². The molecule has 0 spiro atoms. The lowest BCUT2D eigenvalue weighted by Gasteiger charge is -2.42. The number of fused-ring (bicyclic) bond motifs is 1. The van der Waals surface area contributed by atoms with E-state index in [1.54, 1.807) is 12.1 Å². The van der Waals surface area contributed by atoms with Gasteiger partial charge in [0.15, 0.2) is 23.2 Å². The third-order valence-corrected chi connectivity index (χ3v) is 8.48. The highest BCUT2D eigenvalue weighted by Crippen LogP contribution is 2.42. The molecule has 4 aromatic rings. The molecule has 3 aromatic carbocycles. The number of benzene rings is 3. The van der Waals surface area contributed by atoms with E-state index in [0.717, 1.165) is 6.07 Å². The van der Waals surface area contributed by atoms with Gasteiger partial charge in [-0.25, -0.2) is 0 Å². The number of hydrogen-bond donors (Lipinski definition) is 8. The van der Waals surface area contributed by atoms with Gasteiger partial charge in [0, 0.05) is 41.9 Å². The number of aliphatic hydroxyl groups is 5. The molecular formula is C34H38O15. The number of phenolic OH excluding ortho intramolecular Hbond substituents is 3. The Morgan fingerprint density at radius 2 is 1.47 bits per heavy atom. The first kappa shape index (κ1) is 35.7. The highest BCUT2D eigenvalue weighted by molar-refractivity contribution is 5.86. The van der Waals surface area contributed by atoms with Crippen LogP contribution in [-0.2, 0) is 15.9 Å². The standard InChI is InChI=1S/C34H38O15/c1-44-24-8-16(23-12-22(40)29-21(39)10-18(37)11-27(29)47-23)9-25(45-2)19(24)6-17(13-35)33(15-4-5-20(38)26(7-15)46-3)49-34-32(43)31(42)30(41)28(14-36)48-34/h4-5,7-12,17,28,30-39,41-43H,6,13-14H2,1-3H3/t17-,28?,30-,31+,32?,33?,34+/m1/s1. The molecule has 7 atom stereocenters. The Kier molecular flexibility index (Phi) is 10.8. The zero-order valence-corrected chi connectivity index (χ0v) is 26.7. The second-order valence-electron chi connectivity index (χ2n) is 11.5. The highest BCUT2D eigenvalue weighted by Gasteiger charge is 2.46. The number of rotatable bonds is 12. The Morgan fingerprint density at radius 3 is 2.08 bits per heavy atom. The lowest BCUT2D eigenvalue weighted by atomic mass is 9.88. The maximum Gasteiger partial charge on any atom is 0.197 e. The molecule has 15 nitrogen and oxygen atoms in total. The molecule has 0 aliphatic carbocycles. The number of hydrogen-bond acceptors (Lipinski definition) is 15. The van der Waals surface area contributed by atoms with Gasteiger partial charge in [0.1, 0.15) is 64.1 Å². The summed E-state index contributed by atoms with van der Waals surface area (Å²) in [5.41, 5.74) is 0.537. The molecule has 15 heteroatoms. The van der Waals surface area contributed by atoms with Gasteiger partial charge in [0.05, 0.1) is 34.0 Å². The Bertz CT molecular complexity index is 1810. The summed E-state index contributed by atoms with van der Waals surface area (Å²) >= 11 is 0. The minimum absolute atomic E-state index is 0.00216. The Balaban J connectivity index is 1.56. The van der Waals surface area contributed by atoms with Gasteiger partial charge in [-0.3, -0.25) is 4.79 Å². The normalized spacial score (nSPS) is 22.1. The molecule has 264 valence electrons. The van der Waals surface area contributed by atoms with E-state index in [-0.39, 0.29) is 51.9 Å². The van der Waals surface area contributed by atoms with E-state index in [1.807, 2.05) is 0 Å². The minimum atomic E-state index is -1.75. The second kappa shape index (κ2) is 14.9. The zero-order chi connectivity index (χ0) is 35.6. The summed E-state index contributed by atoms with van der Waals surface area (Å²) in [5.74, 6) is -1.13. The smallest absolute Gasteiger partial charge is 0.197 e. The molecule has 3 unspecified atom stereocenters. The van der Waals surface area contributed by atoms with E-state index in [9.17, 15) is 45.6 Å². The van der Waals surface area contributed by atoms with Crippen molar-refractivity contribution < 1.29 is 69.0 Å². The van der Waals surface area contributed by atoms with Crippen molar-refractivity contribution in [3.05, 3.63) is 69.9 Å². The predicted octanol–water partition coefficient (Wildman–Crippen LogP) is 1.31. The molecule has 0 bridgehead atoms. The molecule has 1 aliphatic rings. The number of aromatic hydroxyl groups is 3. The van der Waals surface area contributed by atoms with Crippen LogP contribution in [-0.4, -0.2) is 106 Å². The van der Waals surface area contributed by atoms with Gasteiger partial charge in [-0.05, 0) is 36.2 Å². The van der Waals surface area contributed by atoms with Crippen LogP contribution >= 0.6 is 0 Å². The van der Waals surface area contributed by atoms with Crippen LogP contribution in [0.15, 0.2) is 57.7 Å². The summed E-state index contributed by atoms with van der Waals surface area (Å²) in [7, 11) is 4.14. The van der Waals surface area contributed by atoms with E-state index in [2.05, 4.69) is 0 Å². The van der Waals surface area contributed by atoms with E-state index >= 15 is 0 Å². The average Bonchev–Trinajstić information content (AvgIpc) is 3.09.